The van der Waals surface area contributed by atoms with Gasteiger partial charge in [0.2, 0.25) is 5.95 Å². The minimum Gasteiger partial charge on any atom is -0.307 e. The molecule has 0 bridgehead atoms. The average molecular weight is 630 g/mol. The Balaban J connectivity index is 1.46. The quantitative estimate of drug-likeness (QED) is 0.195. The molecule has 9 aromatic rings. The van der Waals surface area contributed by atoms with Crippen LogP contribution in [0.15, 0.2) is 146 Å². The maximum absolute atomic E-state index is 5.28. The van der Waals surface area contributed by atoms with Gasteiger partial charge in [0, 0.05) is 38.4 Å². The Hall–Kier alpha value is -6.33. The Morgan fingerprint density at radius 1 is 0.531 bits per heavy atom. The van der Waals surface area contributed by atoms with Gasteiger partial charge in [-0.15, -0.1) is 0 Å². The maximum Gasteiger partial charge on any atom is 0.238 e. The summed E-state index contributed by atoms with van der Waals surface area (Å²) >= 11 is 0. The number of nitrogens with zero attached hydrogens (tertiary/aromatic N) is 5. The molecule has 3 heterocycles. The predicted molar refractivity (Wildman–Crippen MR) is 201 cm³/mol. The van der Waals surface area contributed by atoms with Crippen LogP contribution in [-0.4, -0.2) is 24.1 Å². The van der Waals surface area contributed by atoms with Gasteiger partial charge in [-0.25, -0.2) is 4.98 Å². The van der Waals surface area contributed by atoms with E-state index >= 15 is 0 Å². The van der Waals surface area contributed by atoms with E-state index in [1.807, 2.05) is 36.4 Å². The topological polar surface area (TPSA) is 48.5 Å². The monoisotopic (exact) mass is 629 g/mol. The van der Waals surface area contributed by atoms with Crippen molar-refractivity contribution in [3.05, 3.63) is 157 Å². The molecule has 0 fully saturated rings. The number of hydrogen-bond acceptors (Lipinski definition) is 3. The second kappa shape index (κ2) is 10.9. The Labute approximate surface area is 283 Å². The highest BCUT2D eigenvalue weighted by atomic mass is 15.2. The van der Waals surface area contributed by atoms with Gasteiger partial charge in [-0.2, -0.15) is 9.97 Å². The number of para-hydroxylation sites is 3. The molecule has 1 aliphatic carbocycles. The molecule has 0 N–H and O–H groups in total. The number of hydrogen-bond donors (Lipinski definition) is 0. The Morgan fingerprint density at radius 3 is 1.67 bits per heavy atom. The number of benzene rings is 6. The summed E-state index contributed by atoms with van der Waals surface area (Å²) in [5, 5.41) is 4.96. The Kier molecular flexibility index (Phi) is 6.15. The highest BCUT2D eigenvalue weighted by molar-refractivity contribution is 6.27. The Morgan fingerprint density at radius 2 is 1.04 bits per heavy atom. The van der Waals surface area contributed by atoms with Crippen molar-refractivity contribution in [1.29, 1.82) is 0 Å². The number of rotatable bonds is 4. The molecule has 49 heavy (non-hydrogen) atoms. The molecule has 3 aromatic heterocycles. The highest BCUT2D eigenvalue weighted by Gasteiger charge is 2.30. The molecule has 0 aliphatic heterocycles. The molecule has 10 rings (SSSR count). The van der Waals surface area contributed by atoms with Gasteiger partial charge in [0.25, 0.3) is 0 Å². The third-order valence-corrected chi connectivity index (χ3v) is 9.97. The van der Waals surface area contributed by atoms with Crippen molar-refractivity contribution < 1.29 is 0 Å². The number of aromatic nitrogens is 5. The molecule has 1 atom stereocenters. The summed E-state index contributed by atoms with van der Waals surface area (Å²) in [6.45, 7) is 2.37. The molecule has 0 radical (unpaired) electrons. The zero-order valence-corrected chi connectivity index (χ0v) is 27.0. The number of allylic oxidation sites excluding steroid dienone is 1. The second-order valence-electron chi connectivity index (χ2n) is 12.9. The van der Waals surface area contributed by atoms with Crippen LogP contribution in [0.1, 0.15) is 30.4 Å². The van der Waals surface area contributed by atoms with Crippen LogP contribution in [0.3, 0.4) is 0 Å². The summed E-state index contributed by atoms with van der Waals surface area (Å²) in [4.78, 5) is 15.6. The van der Waals surface area contributed by atoms with Gasteiger partial charge >= 0.3 is 0 Å². The minimum atomic E-state index is 0.357. The molecule has 5 heteroatoms. The van der Waals surface area contributed by atoms with E-state index in [1.54, 1.807) is 0 Å². The van der Waals surface area contributed by atoms with E-state index in [0.29, 0.717) is 23.5 Å². The van der Waals surface area contributed by atoms with E-state index in [1.165, 1.54) is 43.7 Å². The molecule has 5 nitrogen and oxygen atoms in total. The lowest BCUT2D eigenvalue weighted by Gasteiger charge is -2.22. The van der Waals surface area contributed by atoms with E-state index in [4.69, 9.17) is 15.0 Å². The van der Waals surface area contributed by atoms with E-state index in [9.17, 15) is 0 Å². The predicted octanol–water partition coefficient (Wildman–Crippen LogP) is 10.9. The lowest BCUT2D eigenvalue weighted by molar-refractivity contribution is 0.781. The summed E-state index contributed by atoms with van der Waals surface area (Å²) in [6, 6.07) is 48.7. The third kappa shape index (κ3) is 4.15. The molecule has 6 aromatic carbocycles. The Bertz CT molecular complexity index is 2680. The fourth-order valence-corrected chi connectivity index (χ4v) is 7.89. The molecular weight excluding hydrogens is 599 g/mol. The van der Waals surface area contributed by atoms with Gasteiger partial charge in [0.1, 0.15) is 0 Å². The first kappa shape index (κ1) is 27.8. The largest absolute Gasteiger partial charge is 0.307 e. The first-order valence-electron chi connectivity index (χ1n) is 16.9. The normalized spacial score (nSPS) is 14.3. The van der Waals surface area contributed by atoms with Gasteiger partial charge in [-0.1, -0.05) is 134 Å². The average Bonchev–Trinajstić information content (AvgIpc) is 3.70. The van der Waals surface area contributed by atoms with Crippen LogP contribution in [0.2, 0.25) is 0 Å². The molecule has 1 unspecified atom stereocenters. The smallest absolute Gasteiger partial charge is 0.238 e. The van der Waals surface area contributed by atoms with Crippen molar-refractivity contribution in [1.82, 2.24) is 24.1 Å². The molecule has 0 spiro atoms. The van der Waals surface area contributed by atoms with E-state index in [-0.39, 0.29) is 0 Å². The summed E-state index contributed by atoms with van der Waals surface area (Å²) in [7, 11) is 0. The molecule has 0 saturated heterocycles. The molecule has 0 saturated carbocycles. The fraction of sp³-hybridized carbons (Fsp3) is 0.0682. The third-order valence-electron chi connectivity index (χ3n) is 9.97. The van der Waals surface area contributed by atoms with Crippen molar-refractivity contribution in [2.24, 2.45) is 0 Å². The zero-order valence-electron chi connectivity index (χ0n) is 27.0. The standard InChI is InChI=1S/C44H31N5/c1-28-16-15-25-34-37(28)39-33-24-12-13-26-35(33)48(31-21-9-4-10-22-31)41(39)40-38(34)32-23-11-14-27-36(32)49(40)44-46-42(29-17-5-2-6-18-29)45-43(47-44)30-19-7-3-8-20-30/h2-15,17-28H,16H2,1H3. The summed E-state index contributed by atoms with van der Waals surface area (Å²) in [6.07, 6.45) is 5.69. The van der Waals surface area contributed by atoms with Crippen LogP contribution in [0.4, 0.5) is 0 Å². The molecule has 0 amide bonds. The van der Waals surface area contributed by atoms with E-state index in [2.05, 4.69) is 131 Å². The van der Waals surface area contributed by atoms with Crippen molar-refractivity contribution in [3.8, 4) is 34.4 Å². The minimum absolute atomic E-state index is 0.357. The summed E-state index contributed by atoms with van der Waals surface area (Å²) in [5.74, 6) is 2.23. The van der Waals surface area contributed by atoms with Crippen LogP contribution in [-0.2, 0) is 0 Å². The van der Waals surface area contributed by atoms with Gasteiger partial charge in [-0.3, -0.25) is 4.57 Å². The molecular formula is C44H31N5. The van der Waals surface area contributed by atoms with Crippen molar-refractivity contribution in [2.45, 2.75) is 19.3 Å². The van der Waals surface area contributed by atoms with Crippen molar-refractivity contribution in [3.63, 3.8) is 0 Å². The first-order valence-corrected chi connectivity index (χ1v) is 16.9. The second-order valence-corrected chi connectivity index (χ2v) is 12.9. The van der Waals surface area contributed by atoms with Crippen molar-refractivity contribution >= 4 is 49.7 Å². The van der Waals surface area contributed by atoms with Crippen LogP contribution in [0, 0.1) is 0 Å². The highest BCUT2D eigenvalue weighted by Crippen LogP contribution is 2.49. The molecule has 232 valence electrons. The van der Waals surface area contributed by atoms with Crippen LogP contribution >= 0.6 is 0 Å². The van der Waals surface area contributed by atoms with Gasteiger partial charge < -0.3 is 4.57 Å². The molecule has 1 aliphatic rings. The SMILES string of the molecule is CC1CC=Cc2c1c1c3ccccc3n(-c3ccccc3)c1c1c2c2ccccc2n1-c1nc(-c2ccccc2)nc(-c2ccccc2)n1. The number of fused-ring (bicyclic) bond motifs is 10. The zero-order chi connectivity index (χ0) is 32.5. The van der Waals surface area contributed by atoms with Gasteiger partial charge in [0.05, 0.1) is 22.1 Å². The van der Waals surface area contributed by atoms with E-state index in [0.717, 1.165) is 34.3 Å². The summed E-state index contributed by atoms with van der Waals surface area (Å²) in [5.41, 5.74) is 10.2. The maximum atomic E-state index is 5.28. The van der Waals surface area contributed by atoms with Crippen LogP contribution in [0.25, 0.3) is 84.1 Å². The fourth-order valence-electron chi connectivity index (χ4n) is 7.89. The first-order chi connectivity index (χ1) is 24.3. The van der Waals surface area contributed by atoms with Crippen LogP contribution < -0.4 is 0 Å². The lowest BCUT2D eigenvalue weighted by atomic mass is 9.83. The van der Waals surface area contributed by atoms with Crippen molar-refractivity contribution in [2.75, 3.05) is 0 Å². The lowest BCUT2D eigenvalue weighted by Crippen LogP contribution is -2.08. The summed E-state index contributed by atoms with van der Waals surface area (Å²) < 4.78 is 4.74. The van der Waals surface area contributed by atoms with Gasteiger partial charge in [0.15, 0.2) is 11.6 Å². The van der Waals surface area contributed by atoms with E-state index < -0.39 is 0 Å². The van der Waals surface area contributed by atoms with Crippen LogP contribution in [0.5, 0.6) is 0 Å². The van der Waals surface area contributed by atoms with Gasteiger partial charge in [-0.05, 0) is 47.7 Å².